The maximum atomic E-state index is 10.3. The first-order valence-corrected chi connectivity index (χ1v) is 3.04. The second kappa shape index (κ2) is 5.72. The quantitative estimate of drug-likeness (QED) is 0.431. The largest absolute Gasteiger partial charge is 0.367 e. The molecule has 0 aromatic rings. The molecule has 0 bridgehead atoms. The molecule has 0 unspecified atom stereocenters. The van der Waals surface area contributed by atoms with E-state index in [-0.39, 0.29) is 12.5 Å². The van der Waals surface area contributed by atoms with Crippen molar-refractivity contribution in [3.05, 3.63) is 0 Å². The molecule has 0 rings (SSSR count). The van der Waals surface area contributed by atoms with E-state index in [0.29, 0.717) is 13.0 Å². The summed E-state index contributed by atoms with van der Waals surface area (Å²) in [5, 5.41) is 0. The van der Waals surface area contributed by atoms with Gasteiger partial charge in [-0.3, -0.25) is 0 Å². The van der Waals surface area contributed by atoms with Crippen molar-refractivity contribution >= 4 is 5.78 Å². The number of hydrogen-bond acceptors (Lipinski definition) is 3. The summed E-state index contributed by atoms with van der Waals surface area (Å²) in [5.41, 5.74) is 5.04. The van der Waals surface area contributed by atoms with Gasteiger partial charge in [0.1, 0.15) is 5.78 Å². The minimum absolute atomic E-state index is 0.204. The van der Waals surface area contributed by atoms with Gasteiger partial charge in [0, 0.05) is 13.0 Å². The van der Waals surface area contributed by atoms with Crippen molar-refractivity contribution in [2.45, 2.75) is 19.8 Å². The number of hydrogen-bond donors (Lipinski definition) is 1. The van der Waals surface area contributed by atoms with E-state index in [0.717, 1.165) is 6.42 Å². The van der Waals surface area contributed by atoms with Crippen LogP contribution in [0.25, 0.3) is 0 Å². The standard InChI is InChI=1S/C6H13NO2/c1-6(8)3-2-4-9-5-7/h2-5,7H2,1H3. The number of ether oxygens (including phenoxy) is 1. The summed E-state index contributed by atoms with van der Waals surface area (Å²) in [5.74, 6) is 0.204. The van der Waals surface area contributed by atoms with Crippen LogP contribution in [0.1, 0.15) is 19.8 Å². The minimum Gasteiger partial charge on any atom is -0.367 e. The van der Waals surface area contributed by atoms with Crippen molar-refractivity contribution in [3.8, 4) is 0 Å². The molecule has 0 atom stereocenters. The second-order valence-corrected chi connectivity index (χ2v) is 1.88. The Hall–Kier alpha value is -0.410. The molecule has 3 nitrogen and oxygen atoms in total. The second-order valence-electron chi connectivity index (χ2n) is 1.88. The van der Waals surface area contributed by atoms with Crippen LogP contribution < -0.4 is 5.73 Å². The molecule has 0 spiro atoms. The Balaban J connectivity index is 2.83. The zero-order valence-electron chi connectivity index (χ0n) is 5.72. The minimum atomic E-state index is 0.204. The lowest BCUT2D eigenvalue weighted by Crippen LogP contribution is -2.06. The lowest BCUT2D eigenvalue weighted by atomic mass is 10.2. The molecule has 0 aliphatic heterocycles. The number of ketones is 1. The number of carbonyl (C=O) groups excluding carboxylic acids is 1. The zero-order valence-corrected chi connectivity index (χ0v) is 5.72. The van der Waals surface area contributed by atoms with E-state index in [1.165, 1.54) is 0 Å². The summed E-state index contributed by atoms with van der Waals surface area (Å²) in [4.78, 5) is 10.3. The molecule has 0 radical (unpaired) electrons. The molecule has 9 heavy (non-hydrogen) atoms. The topological polar surface area (TPSA) is 52.3 Å². The summed E-state index contributed by atoms with van der Waals surface area (Å²) >= 11 is 0. The lowest BCUT2D eigenvalue weighted by molar-refractivity contribution is -0.117. The monoisotopic (exact) mass is 131 g/mol. The average Bonchev–Trinajstić information content (AvgIpc) is 1.80. The fraction of sp³-hybridized carbons (Fsp3) is 0.833. The van der Waals surface area contributed by atoms with Crippen molar-refractivity contribution in [1.29, 1.82) is 0 Å². The Kier molecular flexibility index (Phi) is 5.46. The fourth-order valence-corrected chi connectivity index (χ4v) is 0.507. The van der Waals surface area contributed by atoms with E-state index in [4.69, 9.17) is 10.5 Å². The van der Waals surface area contributed by atoms with E-state index in [2.05, 4.69) is 0 Å². The zero-order chi connectivity index (χ0) is 7.11. The van der Waals surface area contributed by atoms with Crippen LogP contribution in [0.5, 0.6) is 0 Å². The van der Waals surface area contributed by atoms with Crippen molar-refractivity contribution in [3.63, 3.8) is 0 Å². The number of nitrogens with two attached hydrogens (primary N) is 1. The average molecular weight is 131 g/mol. The van der Waals surface area contributed by atoms with Gasteiger partial charge in [-0.15, -0.1) is 0 Å². The van der Waals surface area contributed by atoms with Crippen molar-refractivity contribution < 1.29 is 9.53 Å². The van der Waals surface area contributed by atoms with Crippen LogP contribution in [0.3, 0.4) is 0 Å². The highest BCUT2D eigenvalue weighted by Crippen LogP contribution is 1.89. The van der Waals surface area contributed by atoms with E-state index in [1.54, 1.807) is 6.92 Å². The number of rotatable bonds is 5. The third-order valence-corrected chi connectivity index (χ3v) is 0.935. The van der Waals surface area contributed by atoms with Crippen LogP contribution in [-0.4, -0.2) is 19.1 Å². The highest BCUT2D eigenvalue weighted by molar-refractivity contribution is 5.75. The van der Waals surface area contributed by atoms with E-state index in [1.807, 2.05) is 0 Å². The highest BCUT2D eigenvalue weighted by Gasteiger charge is 1.91. The van der Waals surface area contributed by atoms with Crippen LogP contribution in [0.2, 0.25) is 0 Å². The SMILES string of the molecule is CC(=O)CCCOCN. The van der Waals surface area contributed by atoms with Crippen molar-refractivity contribution in [2.75, 3.05) is 13.3 Å². The van der Waals surface area contributed by atoms with Gasteiger partial charge in [-0.05, 0) is 13.3 Å². The molecule has 0 aliphatic rings. The van der Waals surface area contributed by atoms with E-state index < -0.39 is 0 Å². The van der Waals surface area contributed by atoms with Gasteiger partial charge >= 0.3 is 0 Å². The van der Waals surface area contributed by atoms with Crippen LogP contribution >= 0.6 is 0 Å². The maximum absolute atomic E-state index is 10.3. The molecular weight excluding hydrogens is 118 g/mol. The summed E-state index contributed by atoms with van der Waals surface area (Å²) in [6, 6.07) is 0. The van der Waals surface area contributed by atoms with Crippen LogP contribution in [0.15, 0.2) is 0 Å². The molecule has 0 heterocycles. The Morgan fingerprint density at radius 3 is 2.78 bits per heavy atom. The van der Waals surface area contributed by atoms with Crippen LogP contribution in [-0.2, 0) is 9.53 Å². The molecule has 54 valence electrons. The highest BCUT2D eigenvalue weighted by atomic mass is 16.5. The third kappa shape index (κ3) is 7.59. The molecule has 0 aromatic heterocycles. The Labute approximate surface area is 55.2 Å². The predicted molar refractivity (Wildman–Crippen MR) is 34.9 cm³/mol. The first-order valence-electron chi connectivity index (χ1n) is 3.04. The smallest absolute Gasteiger partial charge is 0.129 e. The maximum Gasteiger partial charge on any atom is 0.129 e. The molecule has 0 fully saturated rings. The third-order valence-electron chi connectivity index (χ3n) is 0.935. The fourth-order valence-electron chi connectivity index (χ4n) is 0.507. The normalized spacial score (nSPS) is 9.56. The van der Waals surface area contributed by atoms with E-state index in [9.17, 15) is 4.79 Å². The van der Waals surface area contributed by atoms with Gasteiger partial charge in [0.2, 0.25) is 0 Å². The Morgan fingerprint density at radius 2 is 2.33 bits per heavy atom. The van der Waals surface area contributed by atoms with Gasteiger partial charge < -0.3 is 15.3 Å². The van der Waals surface area contributed by atoms with Crippen LogP contribution in [0.4, 0.5) is 0 Å². The molecule has 0 aliphatic carbocycles. The molecule has 2 N–H and O–H groups in total. The molecule has 0 saturated heterocycles. The van der Waals surface area contributed by atoms with Gasteiger partial charge in [0.25, 0.3) is 0 Å². The lowest BCUT2D eigenvalue weighted by Gasteiger charge is -1.96. The number of Topliss-reactive ketones (excluding diaryl/α,β-unsaturated/α-hetero) is 1. The number of carbonyl (C=O) groups is 1. The summed E-state index contributed by atoms with van der Waals surface area (Å²) in [6.45, 7) is 2.41. The first kappa shape index (κ1) is 8.59. The molecule has 3 heteroatoms. The Bertz CT molecular complexity index is 83.1. The van der Waals surface area contributed by atoms with Gasteiger partial charge in [-0.1, -0.05) is 0 Å². The predicted octanol–water partition coefficient (Wildman–Crippen LogP) is 0.288. The van der Waals surface area contributed by atoms with Gasteiger partial charge in [0.15, 0.2) is 0 Å². The van der Waals surface area contributed by atoms with Crippen LogP contribution in [0, 0.1) is 0 Å². The first-order chi connectivity index (χ1) is 4.27. The van der Waals surface area contributed by atoms with Gasteiger partial charge in [-0.2, -0.15) is 0 Å². The Morgan fingerprint density at radius 1 is 1.67 bits per heavy atom. The van der Waals surface area contributed by atoms with Gasteiger partial charge in [-0.25, -0.2) is 0 Å². The molecule has 0 saturated carbocycles. The molecule has 0 aromatic carbocycles. The summed E-state index contributed by atoms with van der Waals surface area (Å²) < 4.78 is 4.81. The summed E-state index contributed by atoms with van der Waals surface area (Å²) in [7, 11) is 0. The van der Waals surface area contributed by atoms with Gasteiger partial charge in [0.05, 0.1) is 6.73 Å². The molecular formula is C6H13NO2. The van der Waals surface area contributed by atoms with Crippen molar-refractivity contribution in [2.24, 2.45) is 5.73 Å². The van der Waals surface area contributed by atoms with Crippen molar-refractivity contribution in [1.82, 2.24) is 0 Å². The van der Waals surface area contributed by atoms with E-state index >= 15 is 0 Å². The summed E-state index contributed by atoms with van der Waals surface area (Å²) in [6.07, 6.45) is 1.38. The molecule has 0 amide bonds.